The fourth-order valence-corrected chi connectivity index (χ4v) is 1.54. The Bertz CT molecular complexity index is 474. The summed E-state index contributed by atoms with van der Waals surface area (Å²) in [5.41, 5.74) is 3.90. The van der Waals surface area contributed by atoms with Crippen LogP contribution in [0.15, 0.2) is 36.5 Å². The number of rotatable bonds is 1. The van der Waals surface area contributed by atoms with E-state index < -0.39 is 0 Å². The van der Waals surface area contributed by atoms with Crippen molar-refractivity contribution in [1.29, 1.82) is 0 Å². The SMILES string of the molecule is Cc1ccc(-c2ccc(F)cc2C)nc1. The molecule has 0 atom stereocenters. The van der Waals surface area contributed by atoms with Gasteiger partial charge in [0.25, 0.3) is 0 Å². The van der Waals surface area contributed by atoms with Gasteiger partial charge in [-0.15, -0.1) is 0 Å². The molecule has 0 radical (unpaired) electrons. The maximum Gasteiger partial charge on any atom is 0.123 e. The fourth-order valence-electron chi connectivity index (χ4n) is 1.54. The van der Waals surface area contributed by atoms with E-state index in [1.165, 1.54) is 12.1 Å². The maximum absolute atomic E-state index is 12.9. The van der Waals surface area contributed by atoms with Gasteiger partial charge in [-0.25, -0.2) is 4.39 Å². The highest BCUT2D eigenvalue weighted by molar-refractivity contribution is 5.63. The second-order valence-corrected chi connectivity index (χ2v) is 3.68. The van der Waals surface area contributed by atoms with E-state index in [4.69, 9.17) is 0 Å². The van der Waals surface area contributed by atoms with Crippen LogP contribution in [-0.4, -0.2) is 4.98 Å². The highest BCUT2D eigenvalue weighted by Crippen LogP contribution is 2.21. The summed E-state index contributed by atoms with van der Waals surface area (Å²) in [6.45, 7) is 3.88. The molecule has 2 aromatic rings. The Kier molecular flexibility index (Phi) is 2.50. The van der Waals surface area contributed by atoms with Gasteiger partial charge in [0.05, 0.1) is 5.69 Å². The summed E-state index contributed by atoms with van der Waals surface area (Å²) in [6, 6.07) is 8.71. The monoisotopic (exact) mass is 201 g/mol. The van der Waals surface area contributed by atoms with E-state index in [1.54, 1.807) is 6.07 Å². The zero-order valence-electron chi connectivity index (χ0n) is 8.79. The lowest BCUT2D eigenvalue weighted by Gasteiger charge is -2.05. The predicted octanol–water partition coefficient (Wildman–Crippen LogP) is 3.50. The highest BCUT2D eigenvalue weighted by atomic mass is 19.1. The molecular weight excluding hydrogens is 189 g/mol. The molecule has 1 nitrogen and oxygen atoms in total. The van der Waals surface area contributed by atoms with Gasteiger partial charge in [0.2, 0.25) is 0 Å². The Morgan fingerprint density at radius 1 is 1.07 bits per heavy atom. The van der Waals surface area contributed by atoms with Gasteiger partial charge < -0.3 is 0 Å². The first kappa shape index (κ1) is 9.84. The molecule has 0 amide bonds. The second kappa shape index (κ2) is 3.81. The molecule has 0 spiro atoms. The molecule has 0 saturated heterocycles. The number of nitrogens with zero attached hydrogens (tertiary/aromatic N) is 1. The minimum absolute atomic E-state index is 0.205. The third kappa shape index (κ3) is 2.04. The molecule has 1 aromatic carbocycles. The number of benzene rings is 1. The summed E-state index contributed by atoms with van der Waals surface area (Å²) in [7, 11) is 0. The minimum atomic E-state index is -0.205. The number of aryl methyl sites for hydroxylation is 2. The van der Waals surface area contributed by atoms with Gasteiger partial charge in [0.15, 0.2) is 0 Å². The third-order valence-corrected chi connectivity index (χ3v) is 2.38. The molecule has 2 heteroatoms. The van der Waals surface area contributed by atoms with Crippen LogP contribution < -0.4 is 0 Å². The van der Waals surface area contributed by atoms with E-state index in [9.17, 15) is 4.39 Å². The van der Waals surface area contributed by atoms with Crippen LogP contribution in [0.2, 0.25) is 0 Å². The Morgan fingerprint density at radius 3 is 2.47 bits per heavy atom. The first-order chi connectivity index (χ1) is 7.16. The van der Waals surface area contributed by atoms with Crippen molar-refractivity contribution in [2.24, 2.45) is 0 Å². The molecule has 0 aliphatic heterocycles. The molecule has 76 valence electrons. The third-order valence-electron chi connectivity index (χ3n) is 2.38. The summed E-state index contributed by atoms with van der Waals surface area (Å²) < 4.78 is 12.9. The molecular formula is C13H12FN. The summed E-state index contributed by atoms with van der Waals surface area (Å²) in [5.74, 6) is -0.205. The van der Waals surface area contributed by atoms with Crippen molar-refractivity contribution in [2.45, 2.75) is 13.8 Å². The zero-order valence-corrected chi connectivity index (χ0v) is 8.79. The lowest BCUT2D eigenvalue weighted by molar-refractivity contribution is 0.627. The second-order valence-electron chi connectivity index (χ2n) is 3.68. The Hall–Kier alpha value is -1.70. The summed E-state index contributed by atoms with van der Waals surface area (Å²) in [6.07, 6.45) is 1.82. The molecule has 1 aromatic heterocycles. The van der Waals surface area contributed by atoms with E-state index in [0.29, 0.717) is 0 Å². The van der Waals surface area contributed by atoms with E-state index in [0.717, 1.165) is 22.4 Å². The normalized spacial score (nSPS) is 10.3. The van der Waals surface area contributed by atoms with Gasteiger partial charge in [-0.3, -0.25) is 4.98 Å². The van der Waals surface area contributed by atoms with E-state index in [-0.39, 0.29) is 5.82 Å². The van der Waals surface area contributed by atoms with Crippen LogP contribution in [0.1, 0.15) is 11.1 Å². The topological polar surface area (TPSA) is 12.9 Å². The number of aromatic nitrogens is 1. The molecule has 0 aliphatic carbocycles. The van der Waals surface area contributed by atoms with Gasteiger partial charge in [-0.1, -0.05) is 6.07 Å². The van der Waals surface area contributed by atoms with Crippen molar-refractivity contribution in [3.05, 3.63) is 53.5 Å². The Morgan fingerprint density at radius 2 is 1.87 bits per heavy atom. The van der Waals surface area contributed by atoms with Crippen LogP contribution >= 0.6 is 0 Å². The van der Waals surface area contributed by atoms with Crippen LogP contribution in [0.5, 0.6) is 0 Å². The average molecular weight is 201 g/mol. The standard InChI is InChI=1S/C13H12FN/c1-9-3-6-13(15-8-9)12-5-4-11(14)7-10(12)2/h3-8H,1-2H3. The smallest absolute Gasteiger partial charge is 0.123 e. The molecule has 0 aliphatic rings. The van der Waals surface area contributed by atoms with Gasteiger partial charge in [-0.05, 0) is 49.2 Å². The molecule has 0 unspecified atom stereocenters. The van der Waals surface area contributed by atoms with E-state index in [2.05, 4.69) is 4.98 Å². The summed E-state index contributed by atoms with van der Waals surface area (Å²) >= 11 is 0. The Labute approximate surface area is 88.6 Å². The highest BCUT2D eigenvalue weighted by Gasteiger charge is 2.03. The fraction of sp³-hybridized carbons (Fsp3) is 0.154. The van der Waals surface area contributed by atoms with Crippen molar-refractivity contribution in [2.75, 3.05) is 0 Å². The lowest BCUT2D eigenvalue weighted by Crippen LogP contribution is -1.88. The number of halogens is 1. The molecule has 0 bridgehead atoms. The minimum Gasteiger partial charge on any atom is -0.256 e. The van der Waals surface area contributed by atoms with Crippen molar-refractivity contribution in [3.8, 4) is 11.3 Å². The average Bonchev–Trinajstić information content (AvgIpc) is 2.20. The number of pyridine rings is 1. The van der Waals surface area contributed by atoms with Gasteiger partial charge in [0.1, 0.15) is 5.82 Å². The van der Waals surface area contributed by atoms with Crippen molar-refractivity contribution >= 4 is 0 Å². The molecule has 0 N–H and O–H groups in total. The first-order valence-corrected chi connectivity index (χ1v) is 4.86. The lowest BCUT2D eigenvalue weighted by atomic mass is 10.0. The van der Waals surface area contributed by atoms with Crippen molar-refractivity contribution in [1.82, 2.24) is 4.98 Å². The quantitative estimate of drug-likeness (QED) is 0.688. The first-order valence-electron chi connectivity index (χ1n) is 4.86. The van der Waals surface area contributed by atoms with Crippen LogP contribution in [0.4, 0.5) is 4.39 Å². The van der Waals surface area contributed by atoms with Gasteiger partial charge in [0, 0.05) is 11.8 Å². The van der Waals surface area contributed by atoms with Crippen LogP contribution in [-0.2, 0) is 0 Å². The maximum atomic E-state index is 12.9. The summed E-state index contributed by atoms with van der Waals surface area (Å²) in [4.78, 5) is 4.32. The molecule has 0 fully saturated rings. The summed E-state index contributed by atoms with van der Waals surface area (Å²) in [5, 5.41) is 0. The largest absolute Gasteiger partial charge is 0.256 e. The number of hydrogen-bond acceptors (Lipinski definition) is 1. The number of hydrogen-bond donors (Lipinski definition) is 0. The Balaban J connectivity index is 2.49. The van der Waals surface area contributed by atoms with Crippen LogP contribution in [0, 0.1) is 19.7 Å². The molecule has 15 heavy (non-hydrogen) atoms. The molecule has 1 heterocycles. The molecule has 2 rings (SSSR count). The van der Waals surface area contributed by atoms with Crippen LogP contribution in [0.3, 0.4) is 0 Å². The van der Waals surface area contributed by atoms with Crippen LogP contribution in [0.25, 0.3) is 11.3 Å². The van der Waals surface area contributed by atoms with E-state index >= 15 is 0 Å². The van der Waals surface area contributed by atoms with Crippen molar-refractivity contribution < 1.29 is 4.39 Å². The van der Waals surface area contributed by atoms with Gasteiger partial charge >= 0.3 is 0 Å². The van der Waals surface area contributed by atoms with Gasteiger partial charge in [-0.2, -0.15) is 0 Å². The molecule has 0 saturated carbocycles. The van der Waals surface area contributed by atoms with Crippen molar-refractivity contribution in [3.63, 3.8) is 0 Å². The zero-order chi connectivity index (χ0) is 10.8. The predicted molar refractivity (Wildman–Crippen MR) is 59.1 cm³/mol. The van der Waals surface area contributed by atoms with E-state index in [1.807, 2.05) is 32.2 Å².